The zero-order chi connectivity index (χ0) is 21.8. The molecule has 1 saturated heterocycles. The minimum atomic E-state index is -0.219. The third-order valence-corrected chi connectivity index (χ3v) is 5.48. The van der Waals surface area contributed by atoms with Gasteiger partial charge in [0.25, 0.3) is 11.8 Å². The van der Waals surface area contributed by atoms with E-state index in [1.54, 1.807) is 47.2 Å². The first-order valence-corrected chi connectivity index (χ1v) is 10.4. The number of hydrogen-bond acceptors (Lipinski definition) is 5. The van der Waals surface area contributed by atoms with Gasteiger partial charge in [-0.1, -0.05) is 41.0 Å². The molecule has 0 aliphatic carbocycles. The molecule has 4 rings (SSSR count). The number of hydrogen-bond donors (Lipinski definition) is 0. The fraction of sp³-hybridized carbons (Fsp3) is 0.261. The minimum absolute atomic E-state index is 0.101. The molecule has 0 radical (unpaired) electrons. The Bertz CT molecular complexity index is 1100. The third kappa shape index (κ3) is 4.56. The monoisotopic (exact) mass is 439 g/mol. The molecule has 0 unspecified atom stereocenters. The van der Waals surface area contributed by atoms with Crippen LogP contribution in [0.4, 0.5) is 0 Å². The van der Waals surface area contributed by atoms with E-state index in [2.05, 4.69) is 5.16 Å². The number of nitrogens with zero attached hydrogens (tertiary/aromatic N) is 3. The second kappa shape index (κ2) is 9.22. The maximum Gasteiger partial charge on any atom is 0.276 e. The van der Waals surface area contributed by atoms with Gasteiger partial charge in [0.1, 0.15) is 5.75 Å². The van der Waals surface area contributed by atoms with Crippen LogP contribution in [-0.2, 0) is 0 Å². The van der Waals surface area contributed by atoms with Crippen molar-refractivity contribution in [3.05, 3.63) is 70.9 Å². The summed E-state index contributed by atoms with van der Waals surface area (Å²) in [6, 6.07) is 15.9. The van der Waals surface area contributed by atoms with Crippen LogP contribution < -0.4 is 4.74 Å². The highest BCUT2D eigenvalue weighted by Gasteiger charge is 2.26. The molecule has 1 aliphatic rings. The largest absolute Gasteiger partial charge is 0.496 e. The Balaban J connectivity index is 1.44. The average Bonchev–Trinajstić information content (AvgIpc) is 3.16. The van der Waals surface area contributed by atoms with Crippen molar-refractivity contribution in [3.63, 3.8) is 0 Å². The van der Waals surface area contributed by atoms with E-state index in [0.717, 1.165) is 5.56 Å². The van der Waals surface area contributed by atoms with Crippen molar-refractivity contribution >= 4 is 23.4 Å². The molecule has 0 spiro atoms. The SMILES string of the molecule is COc1ccccc1C(=O)N1CCCN(C(=O)c2cc(-c3cccc(Cl)c3)on2)CC1. The number of carbonyl (C=O) groups excluding carboxylic acids is 2. The van der Waals surface area contributed by atoms with Crippen molar-refractivity contribution in [1.29, 1.82) is 0 Å². The van der Waals surface area contributed by atoms with Gasteiger partial charge in [-0.15, -0.1) is 0 Å². The maximum absolute atomic E-state index is 13.0. The predicted molar refractivity (Wildman–Crippen MR) is 116 cm³/mol. The second-order valence-corrected chi connectivity index (χ2v) is 7.66. The summed E-state index contributed by atoms with van der Waals surface area (Å²) in [5.41, 5.74) is 1.51. The van der Waals surface area contributed by atoms with E-state index in [0.29, 0.717) is 54.7 Å². The molecule has 1 aromatic heterocycles. The molecule has 31 heavy (non-hydrogen) atoms. The molecule has 2 aromatic carbocycles. The molecule has 7 nitrogen and oxygen atoms in total. The van der Waals surface area contributed by atoms with Gasteiger partial charge in [-0.2, -0.15) is 0 Å². The van der Waals surface area contributed by atoms with Crippen LogP contribution in [0.2, 0.25) is 5.02 Å². The number of amides is 2. The normalized spacial score (nSPS) is 14.3. The molecule has 2 amide bonds. The Hall–Kier alpha value is -3.32. The lowest BCUT2D eigenvalue weighted by Crippen LogP contribution is -2.37. The summed E-state index contributed by atoms with van der Waals surface area (Å²) >= 11 is 6.03. The quantitative estimate of drug-likeness (QED) is 0.614. The average molecular weight is 440 g/mol. The van der Waals surface area contributed by atoms with E-state index in [-0.39, 0.29) is 17.5 Å². The van der Waals surface area contributed by atoms with Crippen LogP contribution in [0.5, 0.6) is 5.75 Å². The fourth-order valence-electron chi connectivity index (χ4n) is 3.63. The molecule has 0 bridgehead atoms. The number of halogens is 1. The highest BCUT2D eigenvalue weighted by Crippen LogP contribution is 2.24. The van der Waals surface area contributed by atoms with Crippen LogP contribution in [-0.4, -0.2) is 60.1 Å². The minimum Gasteiger partial charge on any atom is -0.496 e. The number of para-hydroxylation sites is 1. The van der Waals surface area contributed by atoms with Crippen molar-refractivity contribution in [2.75, 3.05) is 33.3 Å². The second-order valence-electron chi connectivity index (χ2n) is 7.22. The molecule has 1 fully saturated rings. The third-order valence-electron chi connectivity index (χ3n) is 5.25. The van der Waals surface area contributed by atoms with Crippen LogP contribution in [0.3, 0.4) is 0 Å². The molecule has 2 heterocycles. The van der Waals surface area contributed by atoms with Crippen LogP contribution in [0, 0.1) is 0 Å². The summed E-state index contributed by atoms with van der Waals surface area (Å²) < 4.78 is 10.7. The van der Waals surface area contributed by atoms with E-state index in [9.17, 15) is 9.59 Å². The van der Waals surface area contributed by atoms with Gasteiger partial charge in [0.15, 0.2) is 11.5 Å². The predicted octanol–water partition coefficient (Wildman–Crippen LogP) is 3.99. The first-order valence-electron chi connectivity index (χ1n) is 10.0. The highest BCUT2D eigenvalue weighted by atomic mass is 35.5. The molecule has 0 N–H and O–H groups in total. The number of ether oxygens (including phenoxy) is 1. The van der Waals surface area contributed by atoms with Gasteiger partial charge < -0.3 is 19.1 Å². The number of methoxy groups -OCH3 is 1. The molecular weight excluding hydrogens is 418 g/mol. The van der Waals surface area contributed by atoms with Gasteiger partial charge in [-0.25, -0.2) is 0 Å². The lowest BCUT2D eigenvalue weighted by molar-refractivity contribution is 0.0711. The van der Waals surface area contributed by atoms with Crippen molar-refractivity contribution < 1.29 is 18.8 Å². The molecule has 1 aliphatic heterocycles. The van der Waals surface area contributed by atoms with Gasteiger partial charge in [0.05, 0.1) is 12.7 Å². The Labute approximate surface area is 185 Å². The fourth-order valence-corrected chi connectivity index (χ4v) is 3.82. The Morgan fingerprint density at radius 1 is 0.968 bits per heavy atom. The topological polar surface area (TPSA) is 75.9 Å². The molecule has 0 atom stereocenters. The Kier molecular flexibility index (Phi) is 6.23. The van der Waals surface area contributed by atoms with Crippen molar-refractivity contribution in [2.24, 2.45) is 0 Å². The van der Waals surface area contributed by atoms with Gasteiger partial charge >= 0.3 is 0 Å². The first-order chi connectivity index (χ1) is 15.1. The summed E-state index contributed by atoms with van der Waals surface area (Å²) in [6.45, 7) is 1.95. The molecule has 0 saturated carbocycles. The summed E-state index contributed by atoms with van der Waals surface area (Å²) in [4.78, 5) is 29.4. The van der Waals surface area contributed by atoms with Crippen molar-refractivity contribution in [1.82, 2.24) is 15.0 Å². The van der Waals surface area contributed by atoms with Crippen LogP contribution in [0.15, 0.2) is 59.1 Å². The zero-order valence-corrected chi connectivity index (χ0v) is 17.8. The summed E-state index contributed by atoms with van der Waals surface area (Å²) in [6.07, 6.45) is 0.672. The van der Waals surface area contributed by atoms with Gasteiger partial charge in [-0.3, -0.25) is 9.59 Å². The lowest BCUT2D eigenvalue weighted by Gasteiger charge is -2.22. The number of aromatic nitrogens is 1. The van der Waals surface area contributed by atoms with Gasteiger partial charge in [0.2, 0.25) is 0 Å². The van der Waals surface area contributed by atoms with E-state index in [1.165, 1.54) is 0 Å². The number of benzene rings is 2. The van der Waals surface area contributed by atoms with E-state index in [1.807, 2.05) is 24.3 Å². The Morgan fingerprint density at radius 2 is 1.71 bits per heavy atom. The van der Waals surface area contributed by atoms with Crippen LogP contribution in [0.25, 0.3) is 11.3 Å². The zero-order valence-electron chi connectivity index (χ0n) is 17.1. The number of rotatable bonds is 4. The lowest BCUT2D eigenvalue weighted by atomic mass is 10.1. The molecule has 160 valence electrons. The standard InChI is InChI=1S/C23H22ClN3O4/c1-30-20-9-3-2-8-18(20)22(28)26-10-5-11-27(13-12-26)23(29)19-15-21(31-25-19)16-6-4-7-17(24)14-16/h2-4,6-9,14-15H,5,10-13H2,1H3. The first kappa shape index (κ1) is 20.9. The maximum atomic E-state index is 13.0. The van der Waals surface area contributed by atoms with E-state index >= 15 is 0 Å². The molecule has 3 aromatic rings. The summed E-state index contributed by atoms with van der Waals surface area (Å²) in [7, 11) is 1.55. The van der Waals surface area contributed by atoms with Crippen molar-refractivity contribution in [2.45, 2.75) is 6.42 Å². The van der Waals surface area contributed by atoms with Gasteiger partial charge in [-0.05, 0) is 30.7 Å². The van der Waals surface area contributed by atoms with Crippen LogP contribution >= 0.6 is 11.6 Å². The molecule has 8 heteroatoms. The van der Waals surface area contributed by atoms with E-state index < -0.39 is 0 Å². The summed E-state index contributed by atoms with van der Waals surface area (Å²) in [5, 5.41) is 4.52. The number of carbonyl (C=O) groups is 2. The summed E-state index contributed by atoms with van der Waals surface area (Å²) in [5.74, 6) is 0.703. The van der Waals surface area contributed by atoms with Crippen molar-refractivity contribution in [3.8, 4) is 17.1 Å². The highest BCUT2D eigenvalue weighted by molar-refractivity contribution is 6.30. The van der Waals surface area contributed by atoms with Crippen LogP contribution in [0.1, 0.15) is 27.3 Å². The smallest absolute Gasteiger partial charge is 0.276 e. The van der Waals surface area contributed by atoms with E-state index in [4.69, 9.17) is 20.9 Å². The molecular formula is C23H22ClN3O4. The van der Waals surface area contributed by atoms with Gasteiger partial charge in [0, 0.05) is 42.8 Å². The Morgan fingerprint density at radius 3 is 2.45 bits per heavy atom.